The van der Waals surface area contributed by atoms with E-state index >= 15 is 0 Å². The SMILES string of the molecule is CCC(C)C(N)OC(=O)C(F)(F)F. The number of carbonyl (C=O) groups is 1. The molecule has 0 heterocycles. The molecule has 0 saturated carbocycles. The van der Waals surface area contributed by atoms with Crippen molar-refractivity contribution in [3.8, 4) is 0 Å². The number of esters is 1. The molecule has 2 N–H and O–H groups in total. The minimum absolute atomic E-state index is 0.286. The van der Waals surface area contributed by atoms with Crippen LogP contribution >= 0.6 is 0 Å². The molecule has 0 aromatic carbocycles. The number of hydrogen-bond donors (Lipinski definition) is 1. The summed E-state index contributed by atoms with van der Waals surface area (Å²) in [6, 6.07) is 0. The second-order valence-corrected chi connectivity index (χ2v) is 2.75. The zero-order valence-corrected chi connectivity index (χ0v) is 7.39. The maximum absolute atomic E-state index is 11.6. The lowest BCUT2D eigenvalue weighted by Gasteiger charge is -2.19. The van der Waals surface area contributed by atoms with Gasteiger partial charge in [-0.3, -0.25) is 5.73 Å². The molecule has 78 valence electrons. The predicted octanol–water partition coefficient (Wildman–Crippen LogP) is 1.42. The molecule has 0 fully saturated rings. The van der Waals surface area contributed by atoms with E-state index in [2.05, 4.69) is 4.74 Å². The molecule has 0 aliphatic rings. The highest BCUT2D eigenvalue weighted by Crippen LogP contribution is 2.18. The normalized spacial score (nSPS) is 16.5. The number of carbonyl (C=O) groups excluding carboxylic acids is 1. The van der Waals surface area contributed by atoms with Gasteiger partial charge < -0.3 is 4.74 Å². The van der Waals surface area contributed by atoms with E-state index in [1.165, 1.54) is 0 Å². The first-order valence-corrected chi connectivity index (χ1v) is 3.82. The Morgan fingerprint density at radius 3 is 2.31 bits per heavy atom. The van der Waals surface area contributed by atoms with Gasteiger partial charge >= 0.3 is 12.1 Å². The van der Waals surface area contributed by atoms with E-state index < -0.39 is 18.4 Å². The molecule has 0 aliphatic carbocycles. The second kappa shape index (κ2) is 4.45. The summed E-state index contributed by atoms with van der Waals surface area (Å²) in [4.78, 5) is 10.3. The summed E-state index contributed by atoms with van der Waals surface area (Å²) in [6.45, 7) is 3.35. The van der Waals surface area contributed by atoms with Crippen molar-refractivity contribution in [1.82, 2.24) is 0 Å². The van der Waals surface area contributed by atoms with Crippen LogP contribution in [-0.2, 0) is 9.53 Å². The third kappa shape index (κ3) is 4.12. The molecular formula is C7H12F3NO2. The number of halogens is 3. The van der Waals surface area contributed by atoms with Crippen LogP contribution in [0.5, 0.6) is 0 Å². The van der Waals surface area contributed by atoms with E-state index in [-0.39, 0.29) is 5.92 Å². The molecule has 0 amide bonds. The zero-order chi connectivity index (χ0) is 10.6. The molecule has 0 saturated heterocycles. The predicted molar refractivity (Wildman–Crippen MR) is 39.6 cm³/mol. The van der Waals surface area contributed by atoms with Gasteiger partial charge in [0.05, 0.1) is 0 Å². The van der Waals surface area contributed by atoms with Gasteiger partial charge in [0.2, 0.25) is 0 Å². The molecular weight excluding hydrogens is 187 g/mol. The summed E-state index contributed by atoms with van der Waals surface area (Å²) in [7, 11) is 0. The highest BCUT2D eigenvalue weighted by Gasteiger charge is 2.42. The Labute approximate surface area is 74.0 Å². The summed E-state index contributed by atoms with van der Waals surface area (Å²) >= 11 is 0. The molecule has 0 rings (SSSR count). The number of rotatable bonds is 3. The van der Waals surface area contributed by atoms with Gasteiger partial charge in [-0.1, -0.05) is 13.8 Å². The first-order chi connectivity index (χ1) is 5.79. The maximum atomic E-state index is 11.6. The highest BCUT2D eigenvalue weighted by atomic mass is 19.4. The Morgan fingerprint density at radius 2 is 2.00 bits per heavy atom. The molecule has 2 unspecified atom stereocenters. The van der Waals surface area contributed by atoms with E-state index in [1.54, 1.807) is 13.8 Å². The van der Waals surface area contributed by atoms with E-state index in [9.17, 15) is 18.0 Å². The van der Waals surface area contributed by atoms with E-state index in [0.717, 1.165) is 0 Å². The lowest BCUT2D eigenvalue weighted by atomic mass is 10.1. The number of alkyl halides is 3. The first kappa shape index (κ1) is 12.2. The van der Waals surface area contributed by atoms with Crippen molar-refractivity contribution >= 4 is 5.97 Å². The van der Waals surface area contributed by atoms with Crippen molar-refractivity contribution in [1.29, 1.82) is 0 Å². The third-order valence-electron chi connectivity index (χ3n) is 1.68. The van der Waals surface area contributed by atoms with Gasteiger partial charge in [-0.2, -0.15) is 13.2 Å². The van der Waals surface area contributed by atoms with Crippen molar-refractivity contribution < 1.29 is 22.7 Å². The first-order valence-electron chi connectivity index (χ1n) is 3.82. The Kier molecular flexibility index (Phi) is 4.19. The van der Waals surface area contributed by atoms with Crippen molar-refractivity contribution in [3.63, 3.8) is 0 Å². The second-order valence-electron chi connectivity index (χ2n) is 2.75. The fourth-order valence-electron chi connectivity index (χ4n) is 0.539. The molecule has 0 aliphatic heterocycles. The Balaban J connectivity index is 4.07. The van der Waals surface area contributed by atoms with Crippen LogP contribution in [0.15, 0.2) is 0 Å². The van der Waals surface area contributed by atoms with Crippen LogP contribution in [0.3, 0.4) is 0 Å². The fraction of sp³-hybridized carbons (Fsp3) is 0.857. The van der Waals surface area contributed by atoms with Crippen LogP contribution in [0.2, 0.25) is 0 Å². The van der Waals surface area contributed by atoms with Gasteiger partial charge in [-0.05, 0) is 6.42 Å². The quantitative estimate of drug-likeness (QED) is 0.552. The van der Waals surface area contributed by atoms with E-state index in [1.807, 2.05) is 0 Å². The smallest absolute Gasteiger partial charge is 0.440 e. The monoisotopic (exact) mass is 199 g/mol. The summed E-state index contributed by atoms with van der Waals surface area (Å²) in [6.07, 6.45) is -5.61. The topological polar surface area (TPSA) is 52.3 Å². The van der Waals surface area contributed by atoms with Crippen molar-refractivity contribution in [3.05, 3.63) is 0 Å². The third-order valence-corrected chi connectivity index (χ3v) is 1.68. The van der Waals surface area contributed by atoms with Gasteiger partial charge in [0.1, 0.15) is 0 Å². The minimum Gasteiger partial charge on any atom is -0.440 e. The minimum atomic E-state index is -4.97. The number of nitrogens with two attached hydrogens (primary N) is 1. The standard InChI is InChI=1S/C7H12F3NO2/c1-3-4(2)5(11)13-6(12)7(8,9)10/h4-5H,3,11H2,1-2H3. The fourth-order valence-corrected chi connectivity index (χ4v) is 0.539. The Morgan fingerprint density at radius 1 is 1.54 bits per heavy atom. The van der Waals surface area contributed by atoms with Gasteiger partial charge in [0, 0.05) is 5.92 Å². The van der Waals surface area contributed by atoms with Gasteiger partial charge in [0.15, 0.2) is 6.23 Å². The van der Waals surface area contributed by atoms with Crippen molar-refractivity contribution in [2.75, 3.05) is 0 Å². The maximum Gasteiger partial charge on any atom is 0.490 e. The van der Waals surface area contributed by atoms with Crippen LogP contribution in [0.1, 0.15) is 20.3 Å². The molecule has 3 nitrogen and oxygen atoms in total. The highest BCUT2D eigenvalue weighted by molar-refractivity contribution is 5.75. The van der Waals surface area contributed by atoms with Gasteiger partial charge in [0.25, 0.3) is 0 Å². The molecule has 0 aromatic heterocycles. The number of hydrogen-bond acceptors (Lipinski definition) is 3. The van der Waals surface area contributed by atoms with Gasteiger partial charge in [-0.25, -0.2) is 4.79 Å². The van der Waals surface area contributed by atoms with Crippen LogP contribution in [0, 0.1) is 5.92 Å². The summed E-state index contributed by atoms with van der Waals surface area (Å²) in [5.41, 5.74) is 5.18. The summed E-state index contributed by atoms with van der Waals surface area (Å²) in [5, 5.41) is 0. The van der Waals surface area contributed by atoms with Crippen LogP contribution < -0.4 is 5.73 Å². The number of ether oxygens (including phenoxy) is 1. The van der Waals surface area contributed by atoms with Crippen LogP contribution in [0.25, 0.3) is 0 Å². The molecule has 0 radical (unpaired) electrons. The molecule has 6 heteroatoms. The summed E-state index contributed by atoms with van der Waals surface area (Å²) < 4.78 is 38.9. The average Bonchev–Trinajstić information content (AvgIpc) is 2.01. The summed E-state index contributed by atoms with van der Waals surface area (Å²) in [5.74, 6) is -2.52. The Hall–Kier alpha value is -0.780. The molecule has 2 atom stereocenters. The Bertz CT molecular complexity index is 181. The van der Waals surface area contributed by atoms with Crippen LogP contribution in [0.4, 0.5) is 13.2 Å². The lowest BCUT2D eigenvalue weighted by Crippen LogP contribution is -2.38. The largest absolute Gasteiger partial charge is 0.490 e. The zero-order valence-electron chi connectivity index (χ0n) is 7.39. The average molecular weight is 199 g/mol. The van der Waals surface area contributed by atoms with Crippen molar-refractivity contribution in [2.45, 2.75) is 32.7 Å². The van der Waals surface area contributed by atoms with E-state index in [0.29, 0.717) is 6.42 Å². The molecule has 0 spiro atoms. The van der Waals surface area contributed by atoms with Gasteiger partial charge in [-0.15, -0.1) is 0 Å². The molecule has 13 heavy (non-hydrogen) atoms. The molecule has 0 bridgehead atoms. The lowest BCUT2D eigenvalue weighted by molar-refractivity contribution is -0.206. The van der Waals surface area contributed by atoms with Crippen LogP contribution in [-0.4, -0.2) is 18.4 Å². The molecule has 0 aromatic rings. The van der Waals surface area contributed by atoms with Crippen molar-refractivity contribution in [2.24, 2.45) is 11.7 Å². The van der Waals surface area contributed by atoms with E-state index in [4.69, 9.17) is 5.73 Å².